The van der Waals surface area contributed by atoms with E-state index in [1.165, 1.54) is 0 Å². The first-order chi connectivity index (χ1) is 9.27. The second-order valence-corrected chi connectivity index (χ2v) is 4.39. The van der Waals surface area contributed by atoms with Gasteiger partial charge in [-0.15, -0.1) is 0 Å². The van der Waals surface area contributed by atoms with Crippen molar-refractivity contribution in [3.63, 3.8) is 0 Å². The molecule has 19 heavy (non-hydrogen) atoms. The predicted octanol–water partition coefficient (Wildman–Crippen LogP) is 2.65. The largest absolute Gasteiger partial charge is 0.448 e. The first-order valence-electron chi connectivity index (χ1n) is 6.08. The number of carbonyl (C=O) groups excluding carboxylic acids is 1. The molecule has 0 amide bonds. The first-order valence-corrected chi connectivity index (χ1v) is 6.08. The van der Waals surface area contributed by atoms with Gasteiger partial charge in [-0.1, -0.05) is 60.7 Å². The van der Waals surface area contributed by atoms with Crippen molar-refractivity contribution in [1.29, 1.82) is 0 Å². The minimum Gasteiger partial charge on any atom is -0.448 e. The quantitative estimate of drug-likeness (QED) is 0.835. The van der Waals surface area contributed by atoms with E-state index in [0.717, 1.165) is 16.7 Å². The maximum absolute atomic E-state index is 11.7. The molecule has 0 aromatic heterocycles. The number of rotatable bonds is 2. The van der Waals surface area contributed by atoms with Crippen molar-refractivity contribution >= 4 is 11.5 Å². The Labute approximate surface area is 111 Å². The van der Waals surface area contributed by atoms with Gasteiger partial charge in [0, 0.05) is 5.57 Å². The fourth-order valence-corrected chi connectivity index (χ4v) is 2.27. The Balaban J connectivity index is 2.10. The summed E-state index contributed by atoms with van der Waals surface area (Å²) in [7, 11) is 0. The molecule has 3 rings (SSSR count). The fourth-order valence-electron chi connectivity index (χ4n) is 2.27. The molecule has 2 aromatic rings. The highest BCUT2D eigenvalue weighted by atomic mass is 16.5. The average Bonchev–Trinajstić information content (AvgIpc) is 2.77. The summed E-state index contributed by atoms with van der Waals surface area (Å²) in [6.07, 6.45) is -0.420. The van der Waals surface area contributed by atoms with Crippen molar-refractivity contribution < 1.29 is 9.53 Å². The summed E-state index contributed by atoms with van der Waals surface area (Å²) in [5, 5.41) is 0. The van der Waals surface area contributed by atoms with Gasteiger partial charge in [0.05, 0.1) is 0 Å². The molecule has 3 heteroatoms. The second-order valence-electron chi connectivity index (χ2n) is 4.39. The number of benzene rings is 2. The lowest BCUT2D eigenvalue weighted by Gasteiger charge is -2.14. The van der Waals surface area contributed by atoms with E-state index in [4.69, 9.17) is 10.5 Å². The van der Waals surface area contributed by atoms with Gasteiger partial charge in [-0.2, -0.15) is 0 Å². The van der Waals surface area contributed by atoms with Gasteiger partial charge >= 0.3 is 5.97 Å². The van der Waals surface area contributed by atoms with E-state index in [1.54, 1.807) is 0 Å². The fraction of sp³-hybridized carbons (Fsp3) is 0.0625. The molecular formula is C16H13NO2. The molecule has 0 saturated heterocycles. The Bertz CT molecular complexity index is 632. The van der Waals surface area contributed by atoms with Gasteiger partial charge in [-0.3, -0.25) is 0 Å². The Morgan fingerprint density at radius 3 is 2.11 bits per heavy atom. The average molecular weight is 251 g/mol. The van der Waals surface area contributed by atoms with E-state index in [1.807, 2.05) is 60.7 Å². The van der Waals surface area contributed by atoms with E-state index < -0.39 is 12.1 Å². The highest BCUT2D eigenvalue weighted by Crippen LogP contribution is 2.39. The lowest BCUT2D eigenvalue weighted by Crippen LogP contribution is -2.07. The molecule has 2 aromatic carbocycles. The molecule has 94 valence electrons. The topological polar surface area (TPSA) is 52.3 Å². The van der Waals surface area contributed by atoms with E-state index >= 15 is 0 Å². The summed E-state index contributed by atoms with van der Waals surface area (Å²) < 4.78 is 5.39. The van der Waals surface area contributed by atoms with Crippen LogP contribution in [0.15, 0.2) is 66.4 Å². The number of carbonyl (C=O) groups is 1. The van der Waals surface area contributed by atoms with Gasteiger partial charge in [-0.25, -0.2) is 4.79 Å². The standard InChI is InChI=1S/C16H13NO2/c17-14-13(11-7-3-1-4-8-11)15(19-16(14)18)12-9-5-2-6-10-12/h1-10,15H,17H2. The molecule has 2 N–H and O–H groups in total. The Morgan fingerprint density at radius 1 is 0.895 bits per heavy atom. The highest BCUT2D eigenvalue weighted by molar-refractivity contribution is 6.02. The predicted molar refractivity (Wildman–Crippen MR) is 72.8 cm³/mol. The van der Waals surface area contributed by atoms with Crippen LogP contribution in [0.3, 0.4) is 0 Å². The molecule has 1 aliphatic rings. The van der Waals surface area contributed by atoms with Crippen LogP contribution in [0.25, 0.3) is 5.57 Å². The third kappa shape index (κ3) is 1.99. The second kappa shape index (κ2) is 4.61. The van der Waals surface area contributed by atoms with E-state index in [9.17, 15) is 4.79 Å². The smallest absolute Gasteiger partial charge is 0.355 e. The minimum absolute atomic E-state index is 0.194. The molecule has 1 atom stereocenters. The third-order valence-corrected chi connectivity index (χ3v) is 3.18. The Morgan fingerprint density at radius 2 is 1.47 bits per heavy atom. The molecule has 0 saturated carbocycles. The van der Waals surface area contributed by atoms with Crippen LogP contribution in [0.1, 0.15) is 17.2 Å². The maximum atomic E-state index is 11.7. The van der Waals surface area contributed by atoms with Crippen molar-refractivity contribution in [2.24, 2.45) is 5.73 Å². The third-order valence-electron chi connectivity index (χ3n) is 3.18. The lowest BCUT2D eigenvalue weighted by molar-refractivity contribution is -0.139. The van der Waals surface area contributed by atoms with Crippen LogP contribution >= 0.6 is 0 Å². The van der Waals surface area contributed by atoms with Gasteiger partial charge in [0.25, 0.3) is 0 Å². The monoisotopic (exact) mass is 251 g/mol. The summed E-state index contributed by atoms with van der Waals surface area (Å²) in [5.74, 6) is -0.451. The molecule has 0 radical (unpaired) electrons. The number of cyclic esters (lactones) is 1. The SMILES string of the molecule is NC1=C(c2ccccc2)C(c2ccccc2)OC1=O. The maximum Gasteiger partial charge on any atom is 0.355 e. The van der Waals surface area contributed by atoms with Crippen LogP contribution in [0.4, 0.5) is 0 Å². The van der Waals surface area contributed by atoms with Crippen molar-refractivity contribution in [3.8, 4) is 0 Å². The van der Waals surface area contributed by atoms with Crippen molar-refractivity contribution in [2.45, 2.75) is 6.10 Å². The van der Waals surface area contributed by atoms with Gasteiger partial charge in [0.15, 0.2) is 6.10 Å². The number of hydrogen-bond donors (Lipinski definition) is 1. The van der Waals surface area contributed by atoms with Gasteiger partial charge < -0.3 is 10.5 Å². The van der Waals surface area contributed by atoms with Gasteiger partial charge in [0.2, 0.25) is 0 Å². The Kier molecular flexibility index (Phi) is 2.80. The number of hydrogen-bond acceptors (Lipinski definition) is 3. The molecule has 1 aliphatic heterocycles. The van der Waals surface area contributed by atoms with E-state index in [-0.39, 0.29) is 5.70 Å². The van der Waals surface area contributed by atoms with Crippen LogP contribution in [0.5, 0.6) is 0 Å². The summed E-state index contributed by atoms with van der Waals surface area (Å²) >= 11 is 0. The van der Waals surface area contributed by atoms with Crippen LogP contribution in [-0.2, 0) is 9.53 Å². The van der Waals surface area contributed by atoms with Crippen LogP contribution < -0.4 is 5.73 Å². The van der Waals surface area contributed by atoms with Crippen molar-refractivity contribution in [2.75, 3.05) is 0 Å². The molecule has 3 nitrogen and oxygen atoms in total. The van der Waals surface area contributed by atoms with Gasteiger partial charge in [0.1, 0.15) is 5.70 Å². The lowest BCUT2D eigenvalue weighted by atomic mass is 9.95. The zero-order valence-corrected chi connectivity index (χ0v) is 10.2. The number of esters is 1. The normalized spacial score (nSPS) is 18.5. The summed E-state index contributed by atoms with van der Waals surface area (Å²) in [6, 6.07) is 19.2. The molecule has 0 spiro atoms. The molecular weight excluding hydrogens is 238 g/mol. The first kappa shape index (κ1) is 11.5. The zero-order valence-electron chi connectivity index (χ0n) is 10.2. The minimum atomic E-state index is -0.451. The summed E-state index contributed by atoms with van der Waals surface area (Å²) in [6.45, 7) is 0. The summed E-state index contributed by atoms with van der Waals surface area (Å²) in [5.41, 5.74) is 8.67. The molecule has 1 heterocycles. The molecule has 0 fully saturated rings. The van der Waals surface area contributed by atoms with Crippen LogP contribution in [0.2, 0.25) is 0 Å². The van der Waals surface area contributed by atoms with Crippen molar-refractivity contribution in [1.82, 2.24) is 0 Å². The van der Waals surface area contributed by atoms with E-state index in [2.05, 4.69) is 0 Å². The number of nitrogens with two attached hydrogens (primary N) is 1. The Hall–Kier alpha value is -2.55. The molecule has 1 unspecified atom stereocenters. The number of ether oxygens (including phenoxy) is 1. The molecule has 0 bridgehead atoms. The van der Waals surface area contributed by atoms with Crippen LogP contribution in [-0.4, -0.2) is 5.97 Å². The highest BCUT2D eigenvalue weighted by Gasteiger charge is 2.34. The molecule has 0 aliphatic carbocycles. The van der Waals surface area contributed by atoms with Crippen molar-refractivity contribution in [3.05, 3.63) is 77.5 Å². The van der Waals surface area contributed by atoms with E-state index in [0.29, 0.717) is 0 Å². The zero-order chi connectivity index (χ0) is 13.2. The van der Waals surface area contributed by atoms with Gasteiger partial charge in [-0.05, 0) is 11.1 Å². The van der Waals surface area contributed by atoms with Crippen LogP contribution in [0, 0.1) is 0 Å². The summed E-state index contributed by atoms with van der Waals surface area (Å²) in [4.78, 5) is 11.7.